The highest BCUT2D eigenvalue weighted by atomic mass is 32.1. The number of aromatic nitrogens is 2. The molecule has 0 amide bonds. The van der Waals surface area contributed by atoms with E-state index in [0.717, 1.165) is 29.1 Å². The molecule has 0 saturated carbocycles. The third-order valence-corrected chi connectivity index (χ3v) is 3.33. The molecule has 92 valence electrons. The Labute approximate surface area is 105 Å². The molecule has 2 aromatic rings. The van der Waals surface area contributed by atoms with Crippen LogP contribution < -0.4 is 11.1 Å². The second-order valence-electron chi connectivity index (χ2n) is 4.24. The topological polar surface area (TPSA) is 67.1 Å². The fourth-order valence-corrected chi connectivity index (χ4v) is 2.48. The number of likely N-dealkylation sites (N-methyl/N-ethyl adjacent to an activating group) is 1. The van der Waals surface area contributed by atoms with Crippen molar-refractivity contribution < 1.29 is 0 Å². The number of nitrogens with one attached hydrogen (secondary N) is 1. The van der Waals surface area contributed by atoms with E-state index in [1.165, 1.54) is 4.88 Å². The van der Waals surface area contributed by atoms with E-state index in [-0.39, 0.29) is 0 Å². The Kier molecular flexibility index (Phi) is 3.44. The van der Waals surface area contributed by atoms with Gasteiger partial charge in [0.15, 0.2) is 0 Å². The second kappa shape index (κ2) is 4.85. The smallest absolute Gasteiger partial charge is 0.223 e. The lowest BCUT2D eigenvalue weighted by Gasteiger charge is -2.11. The molecule has 2 heterocycles. The van der Waals surface area contributed by atoms with Crippen LogP contribution in [0.4, 0.5) is 11.8 Å². The summed E-state index contributed by atoms with van der Waals surface area (Å²) in [4.78, 5) is 12.8. The monoisotopic (exact) mass is 251 g/mol. The van der Waals surface area contributed by atoms with E-state index in [4.69, 9.17) is 5.73 Å². The van der Waals surface area contributed by atoms with Crippen molar-refractivity contribution in [3.63, 3.8) is 0 Å². The highest BCUT2D eigenvalue weighted by Gasteiger charge is 2.08. The van der Waals surface area contributed by atoms with Crippen molar-refractivity contribution in [3.8, 4) is 0 Å². The lowest BCUT2D eigenvalue weighted by Crippen LogP contribution is -2.21. The van der Waals surface area contributed by atoms with Gasteiger partial charge in [-0.3, -0.25) is 0 Å². The molecule has 0 fully saturated rings. The van der Waals surface area contributed by atoms with E-state index in [1.54, 1.807) is 11.3 Å². The Morgan fingerprint density at radius 1 is 1.41 bits per heavy atom. The lowest BCUT2D eigenvalue weighted by atomic mass is 10.3. The molecule has 0 spiro atoms. The summed E-state index contributed by atoms with van der Waals surface area (Å²) in [5.74, 6) is 1.16. The largest absolute Gasteiger partial charge is 0.368 e. The van der Waals surface area contributed by atoms with Crippen LogP contribution >= 0.6 is 11.3 Å². The number of thiophene rings is 1. The third-order valence-electron chi connectivity index (χ3n) is 2.38. The molecule has 17 heavy (non-hydrogen) atoms. The fraction of sp³-hybridized carbons (Fsp3) is 0.455. The molecular formula is C11H17N5S. The van der Waals surface area contributed by atoms with Gasteiger partial charge in [0, 0.05) is 18.0 Å². The average molecular weight is 251 g/mol. The Bertz CT molecular complexity index is 520. The summed E-state index contributed by atoms with van der Waals surface area (Å²) in [6.07, 6.45) is 0. The van der Waals surface area contributed by atoms with Gasteiger partial charge >= 0.3 is 0 Å². The van der Waals surface area contributed by atoms with Crippen LogP contribution in [0, 0.1) is 6.92 Å². The van der Waals surface area contributed by atoms with Crippen LogP contribution in [0.2, 0.25) is 0 Å². The molecule has 0 aliphatic heterocycles. The minimum atomic E-state index is 0.326. The van der Waals surface area contributed by atoms with E-state index < -0.39 is 0 Å². The van der Waals surface area contributed by atoms with Crippen LogP contribution in [-0.4, -0.2) is 42.1 Å². The zero-order chi connectivity index (χ0) is 12.4. The first-order valence-electron chi connectivity index (χ1n) is 5.48. The molecule has 0 atom stereocenters. The molecule has 0 bridgehead atoms. The van der Waals surface area contributed by atoms with Crippen molar-refractivity contribution in [3.05, 3.63) is 10.9 Å². The van der Waals surface area contributed by atoms with Crippen molar-refractivity contribution in [1.29, 1.82) is 0 Å². The van der Waals surface area contributed by atoms with Crippen molar-refractivity contribution in [2.75, 3.05) is 38.2 Å². The Morgan fingerprint density at radius 3 is 2.88 bits per heavy atom. The van der Waals surface area contributed by atoms with E-state index >= 15 is 0 Å². The van der Waals surface area contributed by atoms with Gasteiger partial charge in [0.05, 0.1) is 5.39 Å². The molecule has 0 aliphatic carbocycles. The van der Waals surface area contributed by atoms with Gasteiger partial charge in [0.2, 0.25) is 5.95 Å². The number of fused-ring (bicyclic) bond motifs is 1. The summed E-state index contributed by atoms with van der Waals surface area (Å²) in [7, 11) is 4.08. The maximum atomic E-state index is 5.70. The van der Waals surface area contributed by atoms with Gasteiger partial charge in [-0.15, -0.1) is 11.3 Å². The fourth-order valence-electron chi connectivity index (χ4n) is 1.59. The normalized spacial score (nSPS) is 11.3. The highest BCUT2D eigenvalue weighted by Crippen LogP contribution is 2.28. The molecule has 2 rings (SSSR count). The SMILES string of the molecule is Cc1cc2c(NCCN(C)C)nc(N)nc2s1. The molecule has 5 nitrogen and oxygen atoms in total. The summed E-state index contributed by atoms with van der Waals surface area (Å²) < 4.78 is 0. The van der Waals surface area contributed by atoms with Gasteiger partial charge in [-0.25, -0.2) is 4.98 Å². The number of hydrogen-bond acceptors (Lipinski definition) is 6. The first-order chi connectivity index (χ1) is 8.06. The van der Waals surface area contributed by atoms with Crippen LogP contribution in [0.15, 0.2) is 6.07 Å². The van der Waals surface area contributed by atoms with Crippen molar-refractivity contribution in [2.45, 2.75) is 6.92 Å². The van der Waals surface area contributed by atoms with Gasteiger partial charge in [0.25, 0.3) is 0 Å². The van der Waals surface area contributed by atoms with E-state index in [0.29, 0.717) is 5.95 Å². The third kappa shape index (κ3) is 2.83. The van der Waals surface area contributed by atoms with E-state index in [2.05, 4.69) is 33.2 Å². The van der Waals surface area contributed by atoms with Crippen LogP contribution in [-0.2, 0) is 0 Å². The zero-order valence-electron chi connectivity index (χ0n) is 10.3. The highest BCUT2D eigenvalue weighted by molar-refractivity contribution is 7.18. The van der Waals surface area contributed by atoms with Crippen LogP contribution in [0.5, 0.6) is 0 Å². The second-order valence-corrected chi connectivity index (χ2v) is 5.47. The van der Waals surface area contributed by atoms with Gasteiger partial charge in [0.1, 0.15) is 10.6 Å². The molecule has 2 aromatic heterocycles. The number of hydrogen-bond donors (Lipinski definition) is 2. The average Bonchev–Trinajstić information content (AvgIpc) is 2.57. The van der Waals surface area contributed by atoms with E-state index in [9.17, 15) is 0 Å². The summed E-state index contributed by atoms with van der Waals surface area (Å²) in [6, 6.07) is 2.09. The number of rotatable bonds is 4. The predicted molar refractivity (Wildman–Crippen MR) is 73.6 cm³/mol. The Balaban J connectivity index is 2.25. The summed E-state index contributed by atoms with van der Waals surface area (Å²) >= 11 is 1.64. The molecule has 0 aliphatic rings. The first kappa shape index (κ1) is 12.1. The van der Waals surface area contributed by atoms with Gasteiger partial charge < -0.3 is 16.0 Å². The maximum absolute atomic E-state index is 5.70. The number of anilines is 2. The predicted octanol–water partition coefficient (Wildman–Crippen LogP) is 1.56. The summed E-state index contributed by atoms with van der Waals surface area (Å²) in [5.41, 5.74) is 5.70. The van der Waals surface area contributed by atoms with Gasteiger partial charge in [-0.1, -0.05) is 0 Å². The van der Waals surface area contributed by atoms with E-state index in [1.807, 2.05) is 14.1 Å². The Hall–Kier alpha value is -1.40. The summed E-state index contributed by atoms with van der Waals surface area (Å²) in [5, 5.41) is 4.36. The first-order valence-corrected chi connectivity index (χ1v) is 6.30. The van der Waals surface area contributed by atoms with Crippen LogP contribution in [0.25, 0.3) is 10.2 Å². The molecule has 6 heteroatoms. The molecule has 0 radical (unpaired) electrons. The number of nitrogen functional groups attached to an aromatic ring is 1. The molecular weight excluding hydrogens is 234 g/mol. The van der Waals surface area contributed by atoms with Crippen LogP contribution in [0.1, 0.15) is 4.88 Å². The van der Waals surface area contributed by atoms with Crippen molar-refractivity contribution in [1.82, 2.24) is 14.9 Å². The number of nitrogens with two attached hydrogens (primary N) is 1. The molecule has 0 aromatic carbocycles. The quantitative estimate of drug-likeness (QED) is 0.863. The number of aryl methyl sites for hydroxylation is 1. The maximum Gasteiger partial charge on any atom is 0.223 e. The summed E-state index contributed by atoms with van der Waals surface area (Å²) in [6.45, 7) is 3.86. The Morgan fingerprint density at radius 2 is 2.18 bits per heavy atom. The minimum Gasteiger partial charge on any atom is -0.368 e. The van der Waals surface area contributed by atoms with Gasteiger partial charge in [-0.2, -0.15) is 4.98 Å². The lowest BCUT2D eigenvalue weighted by molar-refractivity contribution is 0.425. The molecule has 0 saturated heterocycles. The standard InChI is InChI=1S/C11H17N5S/c1-7-6-8-9(13-4-5-16(2)3)14-11(12)15-10(8)17-7/h6H,4-5H2,1-3H3,(H3,12,13,14,15). The van der Waals surface area contributed by atoms with Crippen molar-refractivity contribution in [2.24, 2.45) is 0 Å². The van der Waals surface area contributed by atoms with Crippen LogP contribution in [0.3, 0.4) is 0 Å². The molecule has 0 unspecified atom stereocenters. The number of nitrogens with zero attached hydrogens (tertiary/aromatic N) is 3. The van der Waals surface area contributed by atoms with Crippen molar-refractivity contribution >= 4 is 33.3 Å². The minimum absolute atomic E-state index is 0.326. The zero-order valence-corrected chi connectivity index (χ0v) is 11.1. The molecule has 3 N–H and O–H groups in total. The van der Waals surface area contributed by atoms with Gasteiger partial charge in [-0.05, 0) is 27.1 Å².